The van der Waals surface area contributed by atoms with Gasteiger partial charge >= 0.3 is 0 Å². The molecule has 0 aliphatic rings. The van der Waals surface area contributed by atoms with Gasteiger partial charge in [-0.15, -0.1) is 0 Å². The summed E-state index contributed by atoms with van der Waals surface area (Å²) in [6.45, 7) is 0. The van der Waals surface area contributed by atoms with Crippen LogP contribution in [-0.4, -0.2) is 5.16 Å². The van der Waals surface area contributed by atoms with Crippen LogP contribution in [0.1, 0.15) is 0 Å². The molecular weight excluding hydrogens is 190 g/mol. The van der Waals surface area contributed by atoms with Crippen LogP contribution in [0, 0.1) is 11.6 Å². The first-order valence-electron chi connectivity index (χ1n) is 3.84. The highest BCUT2D eigenvalue weighted by atomic mass is 19.2. The van der Waals surface area contributed by atoms with Crippen LogP contribution in [0.3, 0.4) is 0 Å². The second-order valence-electron chi connectivity index (χ2n) is 2.74. The van der Waals surface area contributed by atoms with Crippen LogP contribution >= 0.6 is 0 Å². The summed E-state index contributed by atoms with van der Waals surface area (Å²) in [5.41, 5.74) is 6.14. The highest BCUT2D eigenvalue weighted by molar-refractivity contribution is 5.69. The molecular formula is C9H6F2N2O. The Bertz CT molecular complexity index is 468. The predicted molar refractivity (Wildman–Crippen MR) is 46.3 cm³/mol. The molecule has 0 amide bonds. The van der Waals surface area contributed by atoms with Gasteiger partial charge in [-0.2, -0.15) is 0 Å². The molecule has 14 heavy (non-hydrogen) atoms. The van der Waals surface area contributed by atoms with Crippen LogP contribution in [0.2, 0.25) is 0 Å². The molecule has 72 valence electrons. The lowest BCUT2D eigenvalue weighted by molar-refractivity contribution is 0.431. The van der Waals surface area contributed by atoms with Crippen LogP contribution in [-0.2, 0) is 0 Å². The number of hydrogen-bond acceptors (Lipinski definition) is 3. The predicted octanol–water partition coefficient (Wildman–Crippen LogP) is 2.20. The van der Waals surface area contributed by atoms with Crippen LogP contribution in [0.5, 0.6) is 0 Å². The maximum Gasteiger partial charge on any atom is 0.189 e. The summed E-state index contributed by atoms with van der Waals surface area (Å²) >= 11 is 0. The van der Waals surface area contributed by atoms with E-state index in [2.05, 4.69) is 5.16 Å². The zero-order chi connectivity index (χ0) is 10.1. The number of aromatic nitrogens is 1. The Morgan fingerprint density at radius 1 is 1.21 bits per heavy atom. The number of nitrogens with zero attached hydrogens (tertiary/aromatic N) is 1. The summed E-state index contributed by atoms with van der Waals surface area (Å²) in [4.78, 5) is 0. The van der Waals surface area contributed by atoms with Gasteiger partial charge in [-0.3, -0.25) is 0 Å². The first-order valence-corrected chi connectivity index (χ1v) is 3.84. The third kappa shape index (κ3) is 1.32. The summed E-state index contributed by atoms with van der Waals surface area (Å²) in [5, 5.41) is 3.43. The molecule has 2 aromatic rings. The Kier molecular flexibility index (Phi) is 1.92. The Balaban J connectivity index is 2.53. The van der Waals surface area contributed by atoms with Crippen molar-refractivity contribution >= 4 is 5.69 Å². The van der Waals surface area contributed by atoms with E-state index in [1.807, 2.05) is 0 Å². The van der Waals surface area contributed by atoms with E-state index < -0.39 is 11.6 Å². The fourth-order valence-electron chi connectivity index (χ4n) is 1.10. The van der Waals surface area contributed by atoms with Gasteiger partial charge in [0.1, 0.15) is 5.69 Å². The highest BCUT2D eigenvalue weighted by Crippen LogP contribution is 2.26. The third-order valence-corrected chi connectivity index (χ3v) is 1.78. The molecule has 0 atom stereocenters. The molecule has 0 aliphatic heterocycles. The zero-order valence-electron chi connectivity index (χ0n) is 7.00. The van der Waals surface area contributed by atoms with E-state index in [9.17, 15) is 8.78 Å². The smallest absolute Gasteiger partial charge is 0.189 e. The van der Waals surface area contributed by atoms with Crippen molar-refractivity contribution in [1.29, 1.82) is 0 Å². The summed E-state index contributed by atoms with van der Waals surface area (Å²) in [5.74, 6) is -1.62. The van der Waals surface area contributed by atoms with Crippen molar-refractivity contribution < 1.29 is 13.3 Å². The molecule has 1 aromatic heterocycles. The number of halogens is 2. The van der Waals surface area contributed by atoms with Gasteiger partial charge in [0, 0.05) is 5.56 Å². The molecule has 1 aromatic carbocycles. The summed E-state index contributed by atoms with van der Waals surface area (Å²) in [6, 6.07) is 3.38. The molecule has 1 heterocycles. The lowest BCUT2D eigenvalue weighted by Crippen LogP contribution is -1.87. The van der Waals surface area contributed by atoms with Gasteiger partial charge in [0.15, 0.2) is 17.4 Å². The highest BCUT2D eigenvalue weighted by Gasteiger charge is 2.10. The molecule has 3 nitrogen and oxygen atoms in total. The molecule has 0 bridgehead atoms. The zero-order valence-corrected chi connectivity index (χ0v) is 7.00. The van der Waals surface area contributed by atoms with Crippen molar-refractivity contribution in [3.8, 4) is 11.3 Å². The van der Waals surface area contributed by atoms with Crippen LogP contribution in [0.15, 0.2) is 28.9 Å². The van der Waals surface area contributed by atoms with Crippen molar-refractivity contribution in [2.75, 3.05) is 5.73 Å². The molecule has 5 heteroatoms. The van der Waals surface area contributed by atoms with E-state index in [1.54, 1.807) is 0 Å². The maximum atomic E-state index is 12.8. The molecule has 0 radical (unpaired) electrons. The molecule has 0 saturated carbocycles. The van der Waals surface area contributed by atoms with Gasteiger partial charge in [-0.05, 0) is 18.2 Å². The average molecular weight is 196 g/mol. The van der Waals surface area contributed by atoms with Crippen molar-refractivity contribution in [2.24, 2.45) is 0 Å². The van der Waals surface area contributed by atoms with E-state index in [-0.39, 0.29) is 11.4 Å². The Hall–Kier alpha value is -1.91. The van der Waals surface area contributed by atoms with Gasteiger partial charge in [0.05, 0.1) is 6.20 Å². The standard InChI is InChI=1S/C9H6F2N2O/c10-6-2-1-5(3-7(6)11)9-8(12)4-13-14-9/h1-4H,12H2. The SMILES string of the molecule is Nc1cnoc1-c1ccc(F)c(F)c1. The molecule has 0 unspecified atom stereocenters. The third-order valence-electron chi connectivity index (χ3n) is 1.78. The Morgan fingerprint density at radius 3 is 2.57 bits per heavy atom. The lowest BCUT2D eigenvalue weighted by Gasteiger charge is -1.97. The minimum Gasteiger partial charge on any atom is -0.394 e. The molecule has 0 saturated heterocycles. The van der Waals surface area contributed by atoms with E-state index in [0.717, 1.165) is 12.1 Å². The lowest BCUT2D eigenvalue weighted by atomic mass is 10.1. The van der Waals surface area contributed by atoms with Gasteiger partial charge in [0.25, 0.3) is 0 Å². The second-order valence-corrected chi connectivity index (χ2v) is 2.74. The van der Waals surface area contributed by atoms with Gasteiger partial charge < -0.3 is 10.3 Å². The topological polar surface area (TPSA) is 52.0 Å². The molecule has 0 spiro atoms. The van der Waals surface area contributed by atoms with Crippen molar-refractivity contribution in [3.05, 3.63) is 36.0 Å². The Morgan fingerprint density at radius 2 is 2.00 bits per heavy atom. The van der Waals surface area contributed by atoms with E-state index >= 15 is 0 Å². The van der Waals surface area contributed by atoms with E-state index in [1.165, 1.54) is 12.3 Å². The monoisotopic (exact) mass is 196 g/mol. The van der Waals surface area contributed by atoms with Crippen molar-refractivity contribution in [1.82, 2.24) is 5.16 Å². The number of nitrogen functional groups attached to an aromatic ring is 1. The molecule has 2 N–H and O–H groups in total. The van der Waals surface area contributed by atoms with E-state index in [0.29, 0.717) is 5.56 Å². The first kappa shape index (κ1) is 8.68. The second kappa shape index (κ2) is 3.10. The normalized spacial score (nSPS) is 10.4. The fourth-order valence-corrected chi connectivity index (χ4v) is 1.10. The number of benzene rings is 1. The van der Waals surface area contributed by atoms with Gasteiger partial charge in [-0.25, -0.2) is 8.78 Å². The number of anilines is 1. The minimum absolute atomic E-state index is 0.240. The fraction of sp³-hybridized carbons (Fsp3) is 0. The summed E-state index contributed by atoms with van der Waals surface area (Å²) in [7, 11) is 0. The number of hydrogen-bond donors (Lipinski definition) is 1. The van der Waals surface area contributed by atoms with Crippen LogP contribution in [0.25, 0.3) is 11.3 Å². The van der Waals surface area contributed by atoms with Crippen molar-refractivity contribution in [3.63, 3.8) is 0 Å². The van der Waals surface area contributed by atoms with E-state index in [4.69, 9.17) is 10.3 Å². The summed E-state index contributed by atoms with van der Waals surface area (Å²) in [6.07, 6.45) is 1.30. The number of rotatable bonds is 1. The van der Waals surface area contributed by atoms with Crippen LogP contribution in [0.4, 0.5) is 14.5 Å². The van der Waals surface area contributed by atoms with Gasteiger partial charge in [0.2, 0.25) is 0 Å². The minimum atomic E-state index is -0.946. The van der Waals surface area contributed by atoms with Gasteiger partial charge in [-0.1, -0.05) is 5.16 Å². The van der Waals surface area contributed by atoms with Crippen LogP contribution < -0.4 is 5.73 Å². The Labute approximate surface area is 78.1 Å². The summed E-state index contributed by atoms with van der Waals surface area (Å²) < 4.78 is 30.2. The molecule has 0 aliphatic carbocycles. The largest absolute Gasteiger partial charge is 0.394 e. The number of nitrogens with two attached hydrogens (primary N) is 1. The molecule has 2 rings (SSSR count). The first-order chi connectivity index (χ1) is 6.68. The molecule has 0 fully saturated rings. The quantitative estimate of drug-likeness (QED) is 0.760. The van der Waals surface area contributed by atoms with Crippen molar-refractivity contribution in [2.45, 2.75) is 0 Å². The maximum absolute atomic E-state index is 12.8. The average Bonchev–Trinajstić information content (AvgIpc) is 2.57.